The Morgan fingerprint density at radius 2 is 1.90 bits per heavy atom. The number of aromatic nitrogens is 1. The Kier molecular flexibility index (Phi) is 6.06. The zero-order valence-corrected chi connectivity index (χ0v) is 17.7. The Balaban J connectivity index is 1.48. The van der Waals surface area contributed by atoms with E-state index in [1.54, 1.807) is 12.1 Å². The summed E-state index contributed by atoms with van der Waals surface area (Å²) in [5.74, 6) is 0.301. The second kappa shape index (κ2) is 8.91. The molecule has 162 valence electrons. The maximum absolute atomic E-state index is 12.8. The van der Waals surface area contributed by atoms with E-state index in [9.17, 15) is 13.2 Å². The van der Waals surface area contributed by atoms with Crippen LogP contribution in [0.5, 0.6) is 0 Å². The van der Waals surface area contributed by atoms with Crippen molar-refractivity contribution in [3.8, 4) is 0 Å². The number of carbonyl (C=O) groups excluding carboxylic acids is 1. The molecule has 1 fully saturated rings. The highest BCUT2D eigenvalue weighted by Crippen LogP contribution is 2.34. The molecule has 4 rings (SSSR count). The summed E-state index contributed by atoms with van der Waals surface area (Å²) in [7, 11) is -3.99. The molecule has 0 spiro atoms. The van der Waals surface area contributed by atoms with Crippen LogP contribution in [-0.4, -0.2) is 37.0 Å². The van der Waals surface area contributed by atoms with Crippen LogP contribution in [0, 0.1) is 6.92 Å². The third-order valence-corrected chi connectivity index (χ3v) is 6.39. The van der Waals surface area contributed by atoms with Gasteiger partial charge in [-0.25, -0.2) is 9.78 Å². The van der Waals surface area contributed by atoms with Crippen molar-refractivity contribution in [3.05, 3.63) is 84.1 Å². The number of ether oxygens (including phenoxy) is 1. The fourth-order valence-corrected chi connectivity index (χ4v) is 4.52. The molecule has 8 nitrogen and oxygen atoms in total. The number of hydrogen-bond acceptors (Lipinski definition) is 7. The van der Waals surface area contributed by atoms with Gasteiger partial charge in [-0.05, 0) is 24.6 Å². The molecule has 1 aromatic heterocycles. The predicted octanol–water partition coefficient (Wildman–Crippen LogP) is 3.84. The molecule has 3 aromatic rings. The molecule has 9 heteroatoms. The topological polar surface area (TPSA) is 98.9 Å². The van der Waals surface area contributed by atoms with Crippen LogP contribution < -0.4 is 0 Å². The SMILES string of the molecule is Cc1ccc(S(=O)(=O)OC2CC(c3ncco3)N(C(=O)OCc3ccccc3)C2)cc1. The van der Waals surface area contributed by atoms with Gasteiger partial charge < -0.3 is 9.15 Å². The maximum Gasteiger partial charge on any atom is 0.410 e. The van der Waals surface area contributed by atoms with E-state index in [4.69, 9.17) is 13.3 Å². The first kappa shape index (κ1) is 21.1. The smallest absolute Gasteiger partial charge is 0.410 e. The average Bonchev–Trinajstić information content (AvgIpc) is 3.43. The lowest BCUT2D eigenvalue weighted by Crippen LogP contribution is -2.33. The van der Waals surface area contributed by atoms with Gasteiger partial charge in [0.25, 0.3) is 10.1 Å². The molecule has 0 N–H and O–H groups in total. The predicted molar refractivity (Wildman–Crippen MR) is 110 cm³/mol. The lowest BCUT2D eigenvalue weighted by Gasteiger charge is -2.21. The van der Waals surface area contributed by atoms with Crippen molar-refractivity contribution in [2.75, 3.05) is 6.54 Å². The van der Waals surface area contributed by atoms with Gasteiger partial charge in [-0.3, -0.25) is 9.08 Å². The lowest BCUT2D eigenvalue weighted by molar-refractivity contribution is 0.0853. The van der Waals surface area contributed by atoms with Crippen LogP contribution in [0.4, 0.5) is 4.79 Å². The summed E-state index contributed by atoms with van der Waals surface area (Å²) in [4.78, 5) is 18.4. The highest BCUT2D eigenvalue weighted by Gasteiger charge is 2.42. The van der Waals surface area contributed by atoms with E-state index in [1.807, 2.05) is 37.3 Å². The van der Waals surface area contributed by atoms with Crippen molar-refractivity contribution in [2.45, 2.75) is 37.0 Å². The summed E-state index contributed by atoms with van der Waals surface area (Å²) < 4.78 is 41.6. The van der Waals surface area contributed by atoms with Crippen LogP contribution in [-0.2, 0) is 25.6 Å². The molecule has 2 unspecified atom stereocenters. The molecule has 1 amide bonds. The Hall–Kier alpha value is -3.17. The summed E-state index contributed by atoms with van der Waals surface area (Å²) in [5.41, 5.74) is 1.79. The van der Waals surface area contributed by atoms with Gasteiger partial charge in [0.1, 0.15) is 18.9 Å². The number of likely N-dealkylation sites (tertiary alicyclic amines) is 1. The van der Waals surface area contributed by atoms with E-state index in [1.165, 1.54) is 29.5 Å². The van der Waals surface area contributed by atoms with Crippen molar-refractivity contribution < 1.29 is 26.5 Å². The van der Waals surface area contributed by atoms with Crippen LogP contribution in [0.3, 0.4) is 0 Å². The van der Waals surface area contributed by atoms with Crippen LogP contribution in [0.15, 0.2) is 76.4 Å². The molecule has 0 radical (unpaired) electrons. The molecule has 2 atom stereocenters. The van der Waals surface area contributed by atoms with Gasteiger partial charge in [0, 0.05) is 6.42 Å². The second-order valence-corrected chi connectivity index (χ2v) is 8.87. The van der Waals surface area contributed by atoms with Crippen molar-refractivity contribution in [2.24, 2.45) is 0 Å². The number of benzene rings is 2. The number of aryl methyl sites for hydroxylation is 1. The largest absolute Gasteiger partial charge is 0.447 e. The number of rotatable bonds is 6. The minimum Gasteiger partial charge on any atom is -0.447 e. The van der Waals surface area contributed by atoms with Crippen LogP contribution in [0.2, 0.25) is 0 Å². The maximum atomic E-state index is 12.8. The zero-order chi connectivity index (χ0) is 21.8. The third-order valence-electron chi connectivity index (χ3n) is 5.01. The average molecular weight is 442 g/mol. The van der Waals surface area contributed by atoms with Crippen molar-refractivity contribution in [1.82, 2.24) is 9.88 Å². The van der Waals surface area contributed by atoms with Gasteiger partial charge in [0.2, 0.25) is 5.89 Å². The van der Waals surface area contributed by atoms with E-state index in [0.29, 0.717) is 5.89 Å². The standard InChI is InChI=1S/C22H22N2O6S/c1-16-7-9-19(10-8-16)31(26,27)30-18-13-20(21-23-11-12-28-21)24(14-18)22(25)29-15-17-5-3-2-4-6-17/h2-12,18,20H,13-15H2,1H3. The Labute approximate surface area is 180 Å². The first-order valence-electron chi connectivity index (χ1n) is 9.79. The molecule has 1 saturated heterocycles. The highest BCUT2D eigenvalue weighted by molar-refractivity contribution is 7.86. The molecule has 0 bridgehead atoms. The molecular weight excluding hydrogens is 420 g/mol. The summed E-state index contributed by atoms with van der Waals surface area (Å²) in [6, 6.07) is 15.1. The van der Waals surface area contributed by atoms with Crippen LogP contribution in [0.1, 0.15) is 29.5 Å². The van der Waals surface area contributed by atoms with Gasteiger partial charge in [-0.1, -0.05) is 48.0 Å². The highest BCUT2D eigenvalue weighted by atomic mass is 32.2. The van der Waals surface area contributed by atoms with Gasteiger partial charge in [-0.2, -0.15) is 8.42 Å². The van der Waals surface area contributed by atoms with Gasteiger partial charge in [0.05, 0.1) is 23.7 Å². The summed E-state index contributed by atoms with van der Waals surface area (Å²) in [5, 5.41) is 0. The zero-order valence-electron chi connectivity index (χ0n) is 16.9. The fraction of sp³-hybridized carbons (Fsp3) is 0.273. The molecule has 0 aliphatic carbocycles. The van der Waals surface area contributed by atoms with E-state index >= 15 is 0 Å². The first-order valence-corrected chi connectivity index (χ1v) is 11.2. The fourth-order valence-electron chi connectivity index (χ4n) is 3.44. The van der Waals surface area contributed by atoms with Crippen LogP contribution >= 0.6 is 0 Å². The normalized spacial score (nSPS) is 18.8. The van der Waals surface area contributed by atoms with Crippen LogP contribution in [0.25, 0.3) is 0 Å². The van der Waals surface area contributed by atoms with Crippen molar-refractivity contribution in [1.29, 1.82) is 0 Å². The molecule has 2 aromatic carbocycles. The molecule has 1 aliphatic heterocycles. The van der Waals surface area contributed by atoms with E-state index in [2.05, 4.69) is 4.98 Å². The first-order chi connectivity index (χ1) is 14.9. The summed E-state index contributed by atoms with van der Waals surface area (Å²) in [6.45, 7) is 2.00. The van der Waals surface area contributed by atoms with E-state index in [0.717, 1.165) is 11.1 Å². The number of nitrogens with zero attached hydrogens (tertiary/aromatic N) is 2. The van der Waals surface area contributed by atoms with Gasteiger partial charge >= 0.3 is 6.09 Å². The minimum absolute atomic E-state index is 0.0335. The molecule has 2 heterocycles. The Morgan fingerprint density at radius 1 is 1.16 bits per heavy atom. The number of carbonyl (C=O) groups is 1. The Morgan fingerprint density at radius 3 is 2.58 bits per heavy atom. The summed E-state index contributed by atoms with van der Waals surface area (Å²) >= 11 is 0. The van der Waals surface area contributed by atoms with Gasteiger partial charge in [0.15, 0.2) is 0 Å². The second-order valence-electron chi connectivity index (χ2n) is 7.30. The molecule has 1 aliphatic rings. The van der Waals surface area contributed by atoms with E-state index < -0.39 is 28.4 Å². The third kappa shape index (κ3) is 4.95. The summed E-state index contributed by atoms with van der Waals surface area (Å²) in [6.07, 6.45) is 1.74. The number of oxazole rings is 1. The Bertz CT molecular complexity index is 1110. The monoisotopic (exact) mass is 442 g/mol. The molecule has 31 heavy (non-hydrogen) atoms. The van der Waals surface area contributed by atoms with Crippen molar-refractivity contribution >= 4 is 16.2 Å². The quantitative estimate of drug-likeness (QED) is 0.535. The minimum atomic E-state index is -3.99. The van der Waals surface area contributed by atoms with Gasteiger partial charge in [-0.15, -0.1) is 0 Å². The lowest BCUT2D eigenvalue weighted by atomic mass is 10.2. The molecule has 0 saturated carbocycles. The molecular formula is C22H22N2O6S. The number of hydrogen-bond donors (Lipinski definition) is 0. The number of amides is 1. The van der Waals surface area contributed by atoms with Crippen molar-refractivity contribution in [3.63, 3.8) is 0 Å². The van der Waals surface area contributed by atoms with E-state index in [-0.39, 0.29) is 24.5 Å².